The Morgan fingerprint density at radius 3 is 2.48 bits per heavy atom. The second-order valence-electron chi connectivity index (χ2n) is 5.40. The molecule has 0 atom stereocenters. The molecular weight excluding hydrogens is 360 g/mol. The maximum absolute atomic E-state index is 14.0. The number of rotatable bonds is 3. The summed E-state index contributed by atoms with van der Waals surface area (Å²) < 4.78 is 59.4. The predicted molar refractivity (Wildman–Crippen MR) is 86.7 cm³/mol. The van der Waals surface area contributed by atoms with E-state index in [9.17, 15) is 27.8 Å². The Kier molecular flexibility index (Phi) is 4.35. The number of carbonyl (C=O) groups is 1. The van der Waals surface area contributed by atoms with Gasteiger partial charge in [-0.05, 0) is 18.6 Å². The molecule has 3 N–H and O–H groups in total. The van der Waals surface area contributed by atoms with Gasteiger partial charge in [0.25, 0.3) is 5.88 Å². The van der Waals surface area contributed by atoms with Crippen LogP contribution in [-0.4, -0.2) is 32.5 Å². The van der Waals surface area contributed by atoms with Crippen LogP contribution >= 0.6 is 10.8 Å². The molecule has 0 unspecified atom stereocenters. The van der Waals surface area contributed by atoms with E-state index in [0.29, 0.717) is 6.42 Å². The fourth-order valence-corrected chi connectivity index (χ4v) is 4.12. The summed E-state index contributed by atoms with van der Waals surface area (Å²) in [4.78, 5) is 11.3. The number of hydrogen-bond donors (Lipinski definition) is 3. The number of furan rings is 1. The number of anilines is 1. The normalized spacial score (nSPS) is 17.6. The molecule has 1 aromatic carbocycles. The van der Waals surface area contributed by atoms with E-state index in [2.05, 4.69) is 0 Å². The zero-order chi connectivity index (χ0) is 18.4. The topological polar surface area (TPSA) is 103 Å². The molecule has 1 saturated heterocycles. The van der Waals surface area contributed by atoms with Crippen molar-refractivity contribution in [2.45, 2.75) is 13.3 Å². The van der Waals surface area contributed by atoms with Gasteiger partial charge in [-0.25, -0.2) is 13.1 Å². The van der Waals surface area contributed by atoms with E-state index >= 15 is 0 Å². The molecule has 0 aliphatic carbocycles. The van der Waals surface area contributed by atoms with Crippen molar-refractivity contribution in [3.63, 3.8) is 0 Å². The monoisotopic (exact) mass is 375 g/mol. The summed E-state index contributed by atoms with van der Waals surface area (Å²) in [6, 6.07) is 3.07. The van der Waals surface area contributed by atoms with Gasteiger partial charge in [-0.1, -0.05) is 6.07 Å². The summed E-state index contributed by atoms with van der Waals surface area (Å²) in [6.45, 7) is 1.20. The van der Waals surface area contributed by atoms with Crippen LogP contribution in [0.25, 0.3) is 11.3 Å². The van der Waals surface area contributed by atoms with Crippen LogP contribution in [0.3, 0.4) is 0 Å². The smallest absolute Gasteiger partial charge is 0.308 e. The molecule has 136 valence electrons. The van der Waals surface area contributed by atoms with E-state index in [1.54, 1.807) is 0 Å². The fourth-order valence-electron chi connectivity index (χ4n) is 2.57. The van der Waals surface area contributed by atoms with E-state index < -0.39 is 51.2 Å². The van der Waals surface area contributed by atoms with Crippen molar-refractivity contribution in [1.29, 1.82) is 0 Å². The molecule has 0 spiro atoms. The molecule has 2 heterocycles. The van der Waals surface area contributed by atoms with E-state index in [1.807, 2.05) is 0 Å². The van der Waals surface area contributed by atoms with Crippen LogP contribution in [0.4, 0.5) is 14.7 Å². The van der Waals surface area contributed by atoms with E-state index in [1.165, 1.54) is 0 Å². The van der Waals surface area contributed by atoms with E-state index in [4.69, 9.17) is 9.15 Å². The molecule has 1 aliphatic rings. The summed E-state index contributed by atoms with van der Waals surface area (Å²) in [5, 5.41) is 10.3. The standard InChI is InChI=1S/C15H15F2NO6S/c1-8(19)23-14-12(20)13(11-9(16)4-2-5-10(11)17)24-15(14)18-6-3-7-25(18,21)22/h2,4-5,20-22H,3,6-7H2,1H3. The second kappa shape index (κ2) is 6.21. The Labute approximate surface area is 142 Å². The summed E-state index contributed by atoms with van der Waals surface area (Å²) in [7, 11) is -3.25. The van der Waals surface area contributed by atoms with Gasteiger partial charge in [-0.15, -0.1) is 10.8 Å². The minimum Gasteiger partial charge on any atom is -0.502 e. The molecule has 0 saturated carbocycles. The first-order valence-corrected chi connectivity index (χ1v) is 8.92. The molecular formula is C15H15F2NO6S. The first-order valence-electron chi connectivity index (χ1n) is 7.24. The minimum atomic E-state index is -3.25. The number of hydrogen-bond acceptors (Lipinski definition) is 7. The molecule has 0 amide bonds. The van der Waals surface area contributed by atoms with Crippen molar-refractivity contribution in [3.05, 3.63) is 29.8 Å². The van der Waals surface area contributed by atoms with Crippen LogP contribution in [0.15, 0.2) is 22.6 Å². The first kappa shape index (κ1) is 17.5. The molecule has 10 heteroatoms. The maximum Gasteiger partial charge on any atom is 0.308 e. The van der Waals surface area contributed by atoms with Crippen molar-refractivity contribution in [3.8, 4) is 22.8 Å². The highest BCUT2D eigenvalue weighted by molar-refractivity contribution is 8.25. The van der Waals surface area contributed by atoms with Gasteiger partial charge in [-0.2, -0.15) is 0 Å². The van der Waals surface area contributed by atoms with Crippen molar-refractivity contribution in [2.75, 3.05) is 16.6 Å². The van der Waals surface area contributed by atoms with Crippen LogP contribution < -0.4 is 9.04 Å². The average molecular weight is 375 g/mol. The molecule has 1 fully saturated rings. The average Bonchev–Trinajstić information content (AvgIpc) is 3.00. The minimum absolute atomic E-state index is 0.0529. The van der Waals surface area contributed by atoms with Gasteiger partial charge < -0.3 is 14.3 Å². The molecule has 0 radical (unpaired) electrons. The Morgan fingerprint density at radius 2 is 1.96 bits per heavy atom. The lowest BCUT2D eigenvalue weighted by molar-refractivity contribution is -0.132. The van der Waals surface area contributed by atoms with Gasteiger partial charge in [0.2, 0.25) is 11.5 Å². The lowest BCUT2D eigenvalue weighted by Crippen LogP contribution is -2.22. The third-order valence-electron chi connectivity index (χ3n) is 3.62. The Hall–Kier alpha value is -2.30. The molecule has 1 aliphatic heterocycles. The van der Waals surface area contributed by atoms with Gasteiger partial charge in [0.05, 0.1) is 11.3 Å². The van der Waals surface area contributed by atoms with Crippen LogP contribution in [0.2, 0.25) is 0 Å². The van der Waals surface area contributed by atoms with E-state index in [-0.39, 0.29) is 18.2 Å². The van der Waals surface area contributed by atoms with E-state index in [0.717, 1.165) is 29.4 Å². The highest BCUT2D eigenvalue weighted by Crippen LogP contribution is 2.58. The van der Waals surface area contributed by atoms with Gasteiger partial charge in [0, 0.05) is 13.5 Å². The van der Waals surface area contributed by atoms with Crippen molar-refractivity contribution >= 4 is 22.6 Å². The number of aromatic hydroxyl groups is 1. The Morgan fingerprint density at radius 1 is 1.32 bits per heavy atom. The zero-order valence-corrected chi connectivity index (χ0v) is 13.8. The summed E-state index contributed by atoms with van der Waals surface area (Å²) in [5.41, 5.74) is -0.657. The van der Waals surface area contributed by atoms with Gasteiger partial charge >= 0.3 is 5.97 Å². The van der Waals surface area contributed by atoms with Crippen LogP contribution in [0.5, 0.6) is 11.5 Å². The summed E-state index contributed by atoms with van der Waals surface area (Å²) >= 11 is 0. The Balaban J connectivity index is 2.21. The summed E-state index contributed by atoms with van der Waals surface area (Å²) in [5.74, 6) is -5.09. The lowest BCUT2D eigenvalue weighted by atomic mass is 10.1. The molecule has 2 aromatic rings. The van der Waals surface area contributed by atoms with Gasteiger partial charge in [-0.3, -0.25) is 13.9 Å². The van der Waals surface area contributed by atoms with Crippen LogP contribution in [0, 0.1) is 11.6 Å². The number of halogens is 2. The number of esters is 1. The number of carbonyl (C=O) groups excluding carboxylic acids is 1. The molecule has 1 aromatic heterocycles. The highest BCUT2D eigenvalue weighted by Gasteiger charge is 2.38. The third kappa shape index (κ3) is 3.03. The van der Waals surface area contributed by atoms with Gasteiger partial charge in [0.1, 0.15) is 11.6 Å². The number of benzene rings is 1. The summed E-state index contributed by atoms with van der Waals surface area (Å²) in [6.07, 6.45) is 0.409. The predicted octanol–water partition coefficient (Wildman–Crippen LogP) is 3.73. The maximum atomic E-state index is 14.0. The molecule has 7 nitrogen and oxygen atoms in total. The molecule has 25 heavy (non-hydrogen) atoms. The van der Waals surface area contributed by atoms with Crippen LogP contribution in [-0.2, 0) is 4.79 Å². The van der Waals surface area contributed by atoms with Crippen LogP contribution in [0.1, 0.15) is 13.3 Å². The fraction of sp³-hybridized carbons (Fsp3) is 0.267. The number of nitrogens with zero attached hydrogens (tertiary/aromatic N) is 1. The molecule has 3 rings (SSSR count). The first-order chi connectivity index (χ1) is 11.7. The van der Waals surface area contributed by atoms with Crippen molar-refractivity contribution in [1.82, 2.24) is 0 Å². The third-order valence-corrected chi connectivity index (χ3v) is 5.51. The number of ether oxygens (including phenoxy) is 1. The molecule has 0 bridgehead atoms. The quantitative estimate of drug-likeness (QED) is 0.702. The van der Waals surface area contributed by atoms with Crippen molar-refractivity contribution < 1.29 is 36.9 Å². The largest absolute Gasteiger partial charge is 0.502 e. The second-order valence-corrected chi connectivity index (χ2v) is 7.51. The Bertz CT molecular complexity index is 817. The highest BCUT2D eigenvalue weighted by atomic mass is 32.3. The van der Waals surface area contributed by atoms with Crippen molar-refractivity contribution in [2.24, 2.45) is 0 Å². The zero-order valence-electron chi connectivity index (χ0n) is 13.0. The lowest BCUT2D eigenvalue weighted by Gasteiger charge is -2.36. The SMILES string of the molecule is CC(=O)Oc1c(N2CCCS2(O)O)oc(-c2c(F)cccc2F)c1O. The van der Waals surface area contributed by atoms with Gasteiger partial charge in [0.15, 0.2) is 5.76 Å².